The van der Waals surface area contributed by atoms with Crippen molar-refractivity contribution in [1.82, 2.24) is 29.6 Å². The minimum atomic E-state index is -2.77. The third kappa shape index (κ3) is 6.99. The molecule has 5 aromatic rings. The van der Waals surface area contributed by atoms with E-state index in [-0.39, 0.29) is 60.6 Å². The summed E-state index contributed by atoms with van der Waals surface area (Å²) in [4.78, 5) is 44.7. The lowest BCUT2D eigenvalue weighted by Gasteiger charge is -2.42. The lowest BCUT2D eigenvalue weighted by Crippen LogP contribution is -2.57. The number of hydrogen-bond acceptors (Lipinski definition) is 12. The van der Waals surface area contributed by atoms with Crippen molar-refractivity contribution in [2.24, 2.45) is 5.41 Å². The number of amides is 1. The molecule has 1 amide bonds. The molecule has 9 rings (SSSR count). The van der Waals surface area contributed by atoms with Gasteiger partial charge in [0.25, 0.3) is 6.43 Å². The minimum absolute atomic E-state index is 0.0854. The molecule has 3 aliphatic heterocycles. The van der Waals surface area contributed by atoms with Gasteiger partial charge in [0.05, 0.1) is 39.6 Å². The van der Waals surface area contributed by atoms with E-state index in [2.05, 4.69) is 4.90 Å². The van der Waals surface area contributed by atoms with Gasteiger partial charge in [-0.1, -0.05) is 6.42 Å². The number of thiophene rings is 1. The zero-order valence-electron chi connectivity index (χ0n) is 33.6. The molecule has 1 aromatic carbocycles. The van der Waals surface area contributed by atoms with Crippen molar-refractivity contribution in [2.75, 3.05) is 37.8 Å². The summed E-state index contributed by atoms with van der Waals surface area (Å²) in [6.45, 7) is 10.9. The summed E-state index contributed by atoms with van der Waals surface area (Å²) in [7, 11) is 0. The number of alkyl halides is 2. The molecule has 13 nitrogen and oxygen atoms in total. The van der Waals surface area contributed by atoms with Crippen molar-refractivity contribution in [2.45, 2.75) is 116 Å². The van der Waals surface area contributed by atoms with Gasteiger partial charge in [0.15, 0.2) is 6.23 Å². The Hall–Kier alpha value is -4.70. The van der Waals surface area contributed by atoms with E-state index in [1.54, 1.807) is 25.4 Å². The number of aromatic nitrogens is 5. The molecule has 4 aliphatic rings. The maximum Gasteiger partial charge on any atom is 0.410 e. The van der Waals surface area contributed by atoms with Gasteiger partial charge in [0.1, 0.15) is 29.5 Å². The molecular formula is C42H49F2N7O6S. The second-order valence-corrected chi connectivity index (χ2v) is 18.4. The highest BCUT2D eigenvalue weighted by molar-refractivity contribution is 7.26. The molecule has 0 N–H and O–H groups in total. The number of carbonyl (C=O) groups excluding carboxylic acids is 2. The standard InChI is InChI=1S/C42H49F2N7O6S/c1-23-17-29-28(18-46-51(29)30-9-6-7-16-54-30)32(31(23)36(43)44)34-35-27(12-15-45-34)33-37(49-19-25-10-11-26(20-49)50(25)40(53)57-41(3,4)5)47-39(48-38(33)58-35)56-22-42(13-8-14-42)21-55-24(2)52/h12,15,17-18,25-26,30,36H,6-11,13-14,16,19-22H2,1-5H3/t25-,26+,30?. The number of aryl methyl sites for hydroxylation is 1. The van der Waals surface area contributed by atoms with E-state index in [9.17, 15) is 9.59 Å². The maximum atomic E-state index is 15.2. The van der Waals surface area contributed by atoms with E-state index in [1.807, 2.05) is 36.4 Å². The van der Waals surface area contributed by atoms with Crippen molar-refractivity contribution in [3.05, 3.63) is 35.7 Å². The first-order valence-corrected chi connectivity index (χ1v) is 21.1. The molecule has 3 atom stereocenters. The highest BCUT2D eigenvalue weighted by Crippen LogP contribution is 2.48. The summed E-state index contributed by atoms with van der Waals surface area (Å²) in [5.74, 6) is 0.314. The lowest BCUT2D eigenvalue weighted by molar-refractivity contribution is -0.148. The van der Waals surface area contributed by atoms with Crippen molar-refractivity contribution < 1.29 is 37.3 Å². The van der Waals surface area contributed by atoms with Crippen molar-refractivity contribution in [3.63, 3.8) is 0 Å². The monoisotopic (exact) mass is 817 g/mol. The molecule has 4 aromatic heterocycles. The Bertz CT molecular complexity index is 2390. The van der Waals surface area contributed by atoms with E-state index in [0.717, 1.165) is 67.7 Å². The fourth-order valence-electron chi connectivity index (χ4n) is 9.22. The summed E-state index contributed by atoms with van der Waals surface area (Å²) in [6.07, 6.45) is 7.08. The molecule has 1 unspecified atom stereocenters. The number of carbonyl (C=O) groups is 2. The number of piperazine rings is 1. The predicted octanol–water partition coefficient (Wildman–Crippen LogP) is 8.90. The third-order valence-electron chi connectivity index (χ3n) is 12.1. The van der Waals surface area contributed by atoms with E-state index in [0.29, 0.717) is 57.3 Å². The summed E-state index contributed by atoms with van der Waals surface area (Å²) in [6, 6.07) is 3.68. The fourth-order valence-corrected chi connectivity index (χ4v) is 10.4. The zero-order chi connectivity index (χ0) is 40.5. The average molecular weight is 818 g/mol. The van der Waals surface area contributed by atoms with Crippen LogP contribution in [-0.2, 0) is 19.0 Å². The van der Waals surface area contributed by atoms with Gasteiger partial charge in [-0.2, -0.15) is 15.1 Å². The molecule has 4 fully saturated rings. The van der Waals surface area contributed by atoms with Gasteiger partial charge in [0, 0.05) is 60.1 Å². The van der Waals surface area contributed by atoms with Crippen LogP contribution in [0, 0.1) is 12.3 Å². The van der Waals surface area contributed by atoms with Gasteiger partial charge in [-0.3, -0.25) is 14.7 Å². The summed E-state index contributed by atoms with van der Waals surface area (Å²) < 4.78 is 56.7. The Morgan fingerprint density at radius 2 is 1.83 bits per heavy atom. The maximum absolute atomic E-state index is 15.2. The van der Waals surface area contributed by atoms with Crippen LogP contribution in [-0.4, -0.2) is 92.3 Å². The highest BCUT2D eigenvalue weighted by atomic mass is 32.1. The van der Waals surface area contributed by atoms with Crippen LogP contribution in [0.2, 0.25) is 0 Å². The molecule has 58 heavy (non-hydrogen) atoms. The molecule has 308 valence electrons. The molecule has 1 aliphatic carbocycles. The van der Waals surface area contributed by atoms with Crippen LogP contribution in [0.1, 0.15) is 103 Å². The third-order valence-corrected chi connectivity index (χ3v) is 13.2. The Morgan fingerprint density at radius 3 is 2.48 bits per heavy atom. The molecule has 7 heterocycles. The predicted molar refractivity (Wildman–Crippen MR) is 215 cm³/mol. The van der Waals surface area contributed by atoms with Crippen LogP contribution in [0.5, 0.6) is 6.01 Å². The average Bonchev–Trinajstić information content (AvgIpc) is 3.84. The smallest absolute Gasteiger partial charge is 0.410 e. The number of anilines is 1. The van der Waals surface area contributed by atoms with E-state index in [1.165, 1.54) is 18.3 Å². The van der Waals surface area contributed by atoms with Crippen molar-refractivity contribution in [1.29, 1.82) is 0 Å². The number of ether oxygens (including phenoxy) is 4. The van der Waals surface area contributed by atoms with Gasteiger partial charge in [-0.05, 0) is 90.3 Å². The molecule has 0 spiro atoms. The van der Waals surface area contributed by atoms with Crippen LogP contribution >= 0.6 is 11.3 Å². The van der Waals surface area contributed by atoms with Gasteiger partial charge >= 0.3 is 18.1 Å². The van der Waals surface area contributed by atoms with Crippen LogP contribution in [0.4, 0.5) is 19.4 Å². The second-order valence-electron chi connectivity index (χ2n) is 17.4. The number of esters is 1. The largest absolute Gasteiger partial charge is 0.465 e. The molecular weight excluding hydrogens is 769 g/mol. The molecule has 1 saturated carbocycles. The topological polar surface area (TPSA) is 134 Å². The SMILES string of the molecule is CC(=O)OCC1(COc2nc(N3C[C@H]4CC[C@@H](C3)N4C(=O)OC(C)(C)C)c3c(n2)sc2c(-c4c(C(F)F)c(C)cc5c4cnn5C4CCCCO4)nccc23)CCC1. The van der Waals surface area contributed by atoms with Gasteiger partial charge in [0.2, 0.25) is 0 Å². The zero-order valence-corrected chi connectivity index (χ0v) is 34.4. The van der Waals surface area contributed by atoms with E-state index in [4.69, 9.17) is 39.0 Å². The Labute approximate surface area is 339 Å². The van der Waals surface area contributed by atoms with Crippen molar-refractivity contribution in [3.8, 4) is 17.3 Å². The summed E-state index contributed by atoms with van der Waals surface area (Å²) >= 11 is 1.37. The number of fused-ring (bicyclic) bond motifs is 6. The first kappa shape index (κ1) is 38.8. The quantitative estimate of drug-likeness (QED) is 0.132. The van der Waals surface area contributed by atoms with E-state index < -0.39 is 12.0 Å². The van der Waals surface area contributed by atoms with E-state index >= 15 is 8.78 Å². The molecule has 16 heteroatoms. The summed E-state index contributed by atoms with van der Waals surface area (Å²) in [5.41, 5.74) is 0.901. The Morgan fingerprint density at radius 1 is 1.05 bits per heavy atom. The van der Waals surface area contributed by atoms with Crippen LogP contribution in [0.3, 0.4) is 0 Å². The fraction of sp³-hybridized carbons (Fsp3) is 0.571. The lowest BCUT2D eigenvalue weighted by atomic mass is 9.70. The number of pyridine rings is 1. The first-order chi connectivity index (χ1) is 27.8. The van der Waals surface area contributed by atoms with Crippen LogP contribution in [0.15, 0.2) is 24.5 Å². The molecule has 3 saturated heterocycles. The minimum Gasteiger partial charge on any atom is -0.465 e. The second kappa shape index (κ2) is 14.8. The molecule has 0 radical (unpaired) electrons. The van der Waals surface area contributed by atoms with Crippen LogP contribution in [0.25, 0.3) is 42.5 Å². The number of benzene rings is 1. The normalized spacial score (nSPS) is 21.9. The Kier molecular flexibility index (Phi) is 9.93. The summed E-state index contributed by atoms with van der Waals surface area (Å²) in [5, 5.41) is 6.84. The number of rotatable bonds is 9. The van der Waals surface area contributed by atoms with Gasteiger partial charge < -0.3 is 23.8 Å². The number of nitrogens with zero attached hydrogens (tertiary/aromatic N) is 7. The molecule has 2 bridgehead atoms. The van der Waals surface area contributed by atoms with Gasteiger partial charge in [-0.15, -0.1) is 11.3 Å². The first-order valence-electron chi connectivity index (χ1n) is 20.3. The Balaban J connectivity index is 1.17. The number of hydrogen-bond donors (Lipinski definition) is 0. The number of halogens is 2. The van der Waals surface area contributed by atoms with Crippen molar-refractivity contribution >= 4 is 60.4 Å². The van der Waals surface area contributed by atoms with Crippen LogP contribution < -0.4 is 9.64 Å². The highest BCUT2D eigenvalue weighted by Gasteiger charge is 2.45. The van der Waals surface area contributed by atoms with Gasteiger partial charge in [-0.25, -0.2) is 18.3 Å².